The zero-order valence-corrected chi connectivity index (χ0v) is 17.4. The molecule has 29 heavy (non-hydrogen) atoms. The van der Waals surface area contributed by atoms with Crippen molar-refractivity contribution in [3.63, 3.8) is 0 Å². The summed E-state index contributed by atoms with van der Waals surface area (Å²) in [5.41, 5.74) is 6.63. The molecule has 0 aliphatic carbocycles. The third kappa shape index (κ3) is 4.14. The molecule has 3 aromatic carbocycles. The van der Waals surface area contributed by atoms with Crippen LogP contribution in [0.4, 0.5) is 0 Å². The molecule has 0 spiro atoms. The van der Waals surface area contributed by atoms with Gasteiger partial charge in [-0.2, -0.15) is 0 Å². The minimum absolute atomic E-state index is 0.131. The monoisotopic (exact) mass is 382 g/mol. The number of nitrogens with zero attached hydrogens (tertiary/aromatic N) is 2. The van der Waals surface area contributed by atoms with Gasteiger partial charge in [0.1, 0.15) is 11.8 Å². The normalized spacial score (nSPS) is 16.6. The first-order valence-electron chi connectivity index (χ1n) is 10.0. The Morgan fingerprint density at radius 3 is 1.79 bits per heavy atom. The van der Waals surface area contributed by atoms with Crippen LogP contribution >= 0.6 is 0 Å². The van der Waals surface area contributed by atoms with Gasteiger partial charge in [0.2, 0.25) is 5.90 Å². The summed E-state index contributed by atoms with van der Waals surface area (Å²) < 4.78 is 6.10. The van der Waals surface area contributed by atoms with Gasteiger partial charge in [0, 0.05) is 11.1 Å². The minimum atomic E-state index is -0.156. The minimum Gasteiger partial charge on any atom is -0.467 e. The van der Waals surface area contributed by atoms with Crippen molar-refractivity contribution in [2.24, 2.45) is 10.2 Å². The standard InChI is InChI=1S/C26H26N2O/c1-18-24(21-14-16-23(17-15-21)26(2,3)4)27-28-25(29-18)22-12-10-20(11-13-22)19-8-6-5-7-9-19/h5-18H,1-4H3/t18-/m1/s1. The smallest absolute Gasteiger partial charge is 0.241 e. The predicted octanol–water partition coefficient (Wildman–Crippen LogP) is 6.22. The van der Waals surface area contributed by atoms with Gasteiger partial charge in [-0.3, -0.25) is 0 Å². The number of hydrogen-bond acceptors (Lipinski definition) is 3. The molecule has 1 atom stereocenters. The van der Waals surface area contributed by atoms with E-state index in [1.165, 1.54) is 16.7 Å². The van der Waals surface area contributed by atoms with E-state index >= 15 is 0 Å². The van der Waals surface area contributed by atoms with E-state index in [2.05, 4.69) is 79.5 Å². The van der Waals surface area contributed by atoms with Crippen molar-refractivity contribution < 1.29 is 4.74 Å². The zero-order valence-electron chi connectivity index (χ0n) is 17.4. The molecule has 1 heterocycles. The Labute approximate surface area is 172 Å². The van der Waals surface area contributed by atoms with Crippen LogP contribution in [0.1, 0.15) is 44.4 Å². The largest absolute Gasteiger partial charge is 0.467 e. The van der Waals surface area contributed by atoms with Crippen LogP contribution in [0.25, 0.3) is 11.1 Å². The Kier molecular flexibility index (Phi) is 5.06. The van der Waals surface area contributed by atoms with Crippen molar-refractivity contribution in [1.82, 2.24) is 0 Å². The highest BCUT2D eigenvalue weighted by Gasteiger charge is 2.23. The first-order chi connectivity index (χ1) is 13.9. The molecule has 0 unspecified atom stereocenters. The summed E-state index contributed by atoms with van der Waals surface area (Å²) in [5.74, 6) is 0.562. The molecule has 0 amide bonds. The van der Waals surface area contributed by atoms with Crippen molar-refractivity contribution in [2.75, 3.05) is 0 Å². The van der Waals surface area contributed by atoms with Crippen LogP contribution in [-0.4, -0.2) is 17.7 Å². The molecule has 0 fully saturated rings. The lowest BCUT2D eigenvalue weighted by molar-refractivity contribution is 0.267. The quantitative estimate of drug-likeness (QED) is 0.529. The van der Waals surface area contributed by atoms with Gasteiger partial charge >= 0.3 is 0 Å². The van der Waals surface area contributed by atoms with Crippen LogP contribution in [0.15, 0.2) is 89.1 Å². The molecule has 0 bridgehead atoms. The second-order valence-electron chi connectivity index (χ2n) is 8.42. The van der Waals surface area contributed by atoms with Gasteiger partial charge in [0.25, 0.3) is 0 Å². The summed E-state index contributed by atoms with van der Waals surface area (Å²) in [4.78, 5) is 0. The molecule has 3 aromatic rings. The molecule has 0 saturated carbocycles. The van der Waals surface area contributed by atoms with Gasteiger partial charge in [0.15, 0.2) is 0 Å². The van der Waals surface area contributed by atoms with E-state index in [9.17, 15) is 0 Å². The average molecular weight is 383 g/mol. The van der Waals surface area contributed by atoms with E-state index in [0.717, 1.165) is 16.8 Å². The molecule has 146 valence electrons. The van der Waals surface area contributed by atoms with Crippen LogP contribution in [0.3, 0.4) is 0 Å². The SMILES string of the molecule is C[C@H]1OC(c2ccc(-c3ccccc3)cc2)=NN=C1c1ccc(C(C)(C)C)cc1. The van der Waals surface area contributed by atoms with E-state index in [4.69, 9.17) is 4.74 Å². The third-order valence-electron chi connectivity index (χ3n) is 5.21. The zero-order chi connectivity index (χ0) is 20.4. The molecule has 4 rings (SSSR count). The Morgan fingerprint density at radius 2 is 1.21 bits per heavy atom. The number of ether oxygens (including phenoxy) is 1. The van der Waals surface area contributed by atoms with E-state index in [-0.39, 0.29) is 11.5 Å². The van der Waals surface area contributed by atoms with E-state index in [1.54, 1.807) is 0 Å². The van der Waals surface area contributed by atoms with Crippen molar-refractivity contribution in [3.8, 4) is 11.1 Å². The second-order valence-corrected chi connectivity index (χ2v) is 8.42. The summed E-state index contributed by atoms with van der Waals surface area (Å²) in [6, 6.07) is 27.1. The lowest BCUT2D eigenvalue weighted by Crippen LogP contribution is -2.28. The fourth-order valence-electron chi connectivity index (χ4n) is 3.42. The molecule has 1 aliphatic heterocycles. The van der Waals surface area contributed by atoms with Crippen molar-refractivity contribution >= 4 is 11.6 Å². The second kappa shape index (κ2) is 7.67. The van der Waals surface area contributed by atoms with Gasteiger partial charge in [-0.15, -0.1) is 10.2 Å². The molecular weight excluding hydrogens is 356 g/mol. The highest BCUT2D eigenvalue weighted by atomic mass is 16.5. The first kappa shape index (κ1) is 19.1. The van der Waals surface area contributed by atoms with Crippen LogP contribution in [-0.2, 0) is 10.2 Å². The Hall–Kier alpha value is -3.20. The Bertz CT molecular complexity index is 1040. The molecule has 0 aromatic heterocycles. The lowest BCUT2D eigenvalue weighted by atomic mass is 9.86. The number of rotatable bonds is 3. The number of benzene rings is 3. The molecule has 0 radical (unpaired) electrons. The van der Waals surface area contributed by atoms with Gasteiger partial charge in [-0.25, -0.2) is 0 Å². The van der Waals surface area contributed by atoms with Crippen molar-refractivity contribution in [2.45, 2.75) is 39.2 Å². The summed E-state index contributed by atoms with van der Waals surface area (Å²) >= 11 is 0. The van der Waals surface area contributed by atoms with Crippen LogP contribution < -0.4 is 0 Å². The third-order valence-corrected chi connectivity index (χ3v) is 5.21. The highest BCUT2D eigenvalue weighted by Crippen LogP contribution is 2.24. The average Bonchev–Trinajstić information content (AvgIpc) is 2.74. The molecule has 3 nitrogen and oxygen atoms in total. The summed E-state index contributed by atoms with van der Waals surface area (Å²) in [7, 11) is 0. The Morgan fingerprint density at radius 1 is 0.655 bits per heavy atom. The van der Waals surface area contributed by atoms with E-state index in [0.29, 0.717) is 5.90 Å². The van der Waals surface area contributed by atoms with Crippen LogP contribution in [0, 0.1) is 0 Å². The maximum atomic E-state index is 6.10. The molecule has 3 heteroatoms. The molecule has 1 aliphatic rings. The summed E-state index contributed by atoms with van der Waals surface area (Å²) in [6.07, 6.45) is -0.156. The van der Waals surface area contributed by atoms with Gasteiger partial charge in [-0.05, 0) is 41.2 Å². The van der Waals surface area contributed by atoms with Crippen molar-refractivity contribution in [1.29, 1.82) is 0 Å². The highest BCUT2D eigenvalue weighted by molar-refractivity contribution is 6.07. The van der Waals surface area contributed by atoms with Gasteiger partial charge in [-0.1, -0.05) is 87.5 Å². The number of hydrogen-bond donors (Lipinski definition) is 0. The molecule has 0 N–H and O–H groups in total. The fourth-order valence-corrected chi connectivity index (χ4v) is 3.42. The van der Waals surface area contributed by atoms with Gasteiger partial charge < -0.3 is 4.74 Å². The van der Waals surface area contributed by atoms with Crippen LogP contribution in [0.5, 0.6) is 0 Å². The maximum Gasteiger partial charge on any atom is 0.241 e. The molecular formula is C26H26N2O. The van der Waals surface area contributed by atoms with Gasteiger partial charge in [0.05, 0.1) is 0 Å². The topological polar surface area (TPSA) is 34.0 Å². The van der Waals surface area contributed by atoms with Crippen molar-refractivity contribution in [3.05, 3.63) is 95.6 Å². The maximum absolute atomic E-state index is 6.10. The first-order valence-corrected chi connectivity index (χ1v) is 10.0. The fraction of sp³-hybridized carbons (Fsp3) is 0.231. The lowest BCUT2D eigenvalue weighted by Gasteiger charge is -2.23. The van der Waals surface area contributed by atoms with E-state index in [1.807, 2.05) is 37.3 Å². The Balaban J connectivity index is 1.57. The van der Waals surface area contributed by atoms with E-state index < -0.39 is 0 Å². The summed E-state index contributed by atoms with van der Waals surface area (Å²) in [5, 5.41) is 8.85. The predicted molar refractivity (Wildman–Crippen MR) is 121 cm³/mol. The van der Waals surface area contributed by atoms with Crippen LogP contribution in [0.2, 0.25) is 0 Å². The molecule has 0 saturated heterocycles. The summed E-state index contributed by atoms with van der Waals surface area (Å²) in [6.45, 7) is 8.66.